The summed E-state index contributed by atoms with van der Waals surface area (Å²) in [7, 11) is 0. The second-order valence-corrected chi connectivity index (χ2v) is 11.0. The summed E-state index contributed by atoms with van der Waals surface area (Å²) in [6.45, 7) is 8.28. The van der Waals surface area contributed by atoms with Gasteiger partial charge in [-0.3, -0.25) is 9.36 Å². The summed E-state index contributed by atoms with van der Waals surface area (Å²) in [5.74, 6) is 1.50. The van der Waals surface area contributed by atoms with Crippen LogP contribution in [0.2, 0.25) is 10.0 Å². The molecule has 0 unspecified atom stereocenters. The molecule has 0 saturated carbocycles. The number of fused-ring (bicyclic) bond motifs is 1. The highest BCUT2D eigenvalue weighted by Crippen LogP contribution is 2.37. The van der Waals surface area contributed by atoms with Crippen LogP contribution in [0, 0.1) is 0 Å². The first-order valence-electron chi connectivity index (χ1n) is 13.4. The maximum atomic E-state index is 14.0. The van der Waals surface area contributed by atoms with Crippen molar-refractivity contribution in [1.82, 2.24) is 4.57 Å². The lowest BCUT2D eigenvalue weighted by molar-refractivity contribution is -0.139. The van der Waals surface area contributed by atoms with Crippen molar-refractivity contribution in [2.24, 2.45) is 4.99 Å². The smallest absolute Gasteiger partial charge is 0.338 e. The summed E-state index contributed by atoms with van der Waals surface area (Å²) in [4.78, 5) is 32.3. The van der Waals surface area contributed by atoms with E-state index >= 15 is 0 Å². The van der Waals surface area contributed by atoms with E-state index in [-0.39, 0.29) is 17.7 Å². The van der Waals surface area contributed by atoms with Gasteiger partial charge in [0.1, 0.15) is 11.5 Å². The summed E-state index contributed by atoms with van der Waals surface area (Å²) < 4.78 is 24.9. The molecule has 0 N–H and O–H groups in total. The molecule has 1 atom stereocenters. The van der Waals surface area contributed by atoms with Gasteiger partial charge in [-0.05, 0) is 69.7 Å². The summed E-state index contributed by atoms with van der Waals surface area (Å²) in [6.07, 6.45) is 1.65. The fourth-order valence-corrected chi connectivity index (χ4v) is 6.16. The van der Waals surface area contributed by atoms with Gasteiger partial charge in [-0.15, -0.1) is 0 Å². The van der Waals surface area contributed by atoms with Gasteiger partial charge in [-0.1, -0.05) is 46.7 Å². The largest absolute Gasteiger partial charge is 0.490 e. The highest BCUT2D eigenvalue weighted by atomic mass is 35.5. The molecular weight excluding hydrogens is 599 g/mol. The molecule has 2 aromatic heterocycles. The summed E-state index contributed by atoms with van der Waals surface area (Å²) >= 11 is 13.7. The normalized spacial score (nSPS) is 14.9. The minimum atomic E-state index is -0.797. The molecule has 4 aromatic rings. The van der Waals surface area contributed by atoms with Crippen LogP contribution in [0.4, 0.5) is 0 Å². The zero-order valence-corrected chi connectivity index (χ0v) is 25.7. The van der Waals surface area contributed by atoms with Gasteiger partial charge in [0.05, 0.1) is 51.7 Å². The van der Waals surface area contributed by atoms with E-state index < -0.39 is 12.0 Å². The molecule has 1 aliphatic heterocycles. The van der Waals surface area contributed by atoms with E-state index in [9.17, 15) is 9.59 Å². The van der Waals surface area contributed by atoms with Crippen molar-refractivity contribution in [3.05, 3.63) is 101 Å². The van der Waals surface area contributed by atoms with E-state index in [4.69, 9.17) is 41.8 Å². The lowest BCUT2D eigenvalue weighted by Crippen LogP contribution is -2.40. The molecule has 3 heterocycles. The fourth-order valence-electron chi connectivity index (χ4n) is 4.74. The van der Waals surface area contributed by atoms with E-state index in [1.165, 1.54) is 15.9 Å². The topological polar surface area (TPSA) is 92.3 Å². The van der Waals surface area contributed by atoms with E-state index in [1.54, 1.807) is 62.4 Å². The number of carbonyl (C=O) groups excluding carboxylic acids is 1. The van der Waals surface area contributed by atoms with Gasteiger partial charge in [0, 0.05) is 11.6 Å². The zero-order valence-electron chi connectivity index (χ0n) is 23.4. The van der Waals surface area contributed by atoms with Crippen LogP contribution in [0.15, 0.2) is 74.0 Å². The maximum absolute atomic E-state index is 14.0. The molecule has 8 nitrogen and oxygen atoms in total. The van der Waals surface area contributed by atoms with Crippen molar-refractivity contribution in [2.45, 2.75) is 33.7 Å². The molecule has 2 aromatic carbocycles. The predicted octanol–water partition coefficient (Wildman–Crippen LogP) is 6.16. The van der Waals surface area contributed by atoms with E-state index in [0.717, 1.165) is 0 Å². The van der Waals surface area contributed by atoms with Crippen molar-refractivity contribution in [2.75, 3.05) is 19.8 Å². The van der Waals surface area contributed by atoms with Gasteiger partial charge >= 0.3 is 5.97 Å². The molecule has 5 rings (SSSR count). The van der Waals surface area contributed by atoms with Crippen molar-refractivity contribution in [3.8, 4) is 22.8 Å². The number of furan rings is 1. The van der Waals surface area contributed by atoms with Crippen LogP contribution < -0.4 is 24.4 Å². The number of esters is 1. The minimum absolute atomic E-state index is 0.178. The Morgan fingerprint density at radius 3 is 2.55 bits per heavy atom. The van der Waals surface area contributed by atoms with Crippen LogP contribution >= 0.6 is 34.5 Å². The Morgan fingerprint density at radius 1 is 1.05 bits per heavy atom. The van der Waals surface area contributed by atoms with Crippen LogP contribution in [0.3, 0.4) is 0 Å². The molecule has 42 heavy (non-hydrogen) atoms. The molecule has 0 aliphatic carbocycles. The Labute approximate surface area is 256 Å². The minimum Gasteiger partial charge on any atom is -0.490 e. The number of hydrogen-bond donors (Lipinski definition) is 0. The predicted molar refractivity (Wildman–Crippen MR) is 163 cm³/mol. The molecule has 1 aliphatic rings. The second kappa shape index (κ2) is 12.6. The highest BCUT2D eigenvalue weighted by Gasteiger charge is 2.34. The maximum Gasteiger partial charge on any atom is 0.338 e. The van der Waals surface area contributed by atoms with Gasteiger partial charge in [0.15, 0.2) is 16.3 Å². The average Bonchev–Trinajstić information content (AvgIpc) is 3.55. The quantitative estimate of drug-likeness (QED) is 0.207. The fraction of sp³-hybridized carbons (Fsp3) is 0.258. The first-order chi connectivity index (χ1) is 20.3. The highest BCUT2D eigenvalue weighted by molar-refractivity contribution is 7.07. The van der Waals surface area contributed by atoms with Crippen molar-refractivity contribution < 1.29 is 23.4 Å². The monoisotopic (exact) mass is 626 g/mol. The third-order valence-corrected chi connectivity index (χ3v) is 8.32. The standard InChI is InChI=1S/C31H28Cl2N2O6S/c1-5-38-23-13-11-18(15-24(23)39-6-2)28-26(30(37)40-7-3)17(4)34-31-35(28)29(36)25(42-31)16-19-12-14-22(41-19)20-9-8-10-21(32)27(20)33/h8-16,28H,5-7H2,1-4H3/b25-16-/t28-/m0/s1. The second-order valence-electron chi connectivity index (χ2n) is 9.18. The molecule has 218 valence electrons. The first-order valence-corrected chi connectivity index (χ1v) is 15.0. The molecule has 0 fully saturated rings. The van der Waals surface area contributed by atoms with Crippen LogP contribution in [0.1, 0.15) is 45.1 Å². The number of thiazole rings is 1. The molecule has 11 heteroatoms. The van der Waals surface area contributed by atoms with E-state index in [1.807, 2.05) is 19.9 Å². The number of hydrogen-bond acceptors (Lipinski definition) is 8. The van der Waals surface area contributed by atoms with Crippen LogP contribution in [0.25, 0.3) is 17.4 Å². The molecule has 0 amide bonds. The number of aromatic nitrogens is 1. The van der Waals surface area contributed by atoms with E-state index in [0.29, 0.717) is 72.4 Å². The van der Waals surface area contributed by atoms with Crippen LogP contribution in [-0.2, 0) is 9.53 Å². The van der Waals surface area contributed by atoms with Gasteiger partial charge in [0.2, 0.25) is 0 Å². The van der Waals surface area contributed by atoms with Crippen LogP contribution in [-0.4, -0.2) is 30.4 Å². The van der Waals surface area contributed by atoms with Crippen molar-refractivity contribution >= 4 is 46.6 Å². The van der Waals surface area contributed by atoms with Gasteiger partial charge in [-0.25, -0.2) is 9.79 Å². The Bertz CT molecular complexity index is 1870. The summed E-state index contributed by atoms with van der Waals surface area (Å²) in [5.41, 5.74) is 1.71. The zero-order chi connectivity index (χ0) is 30.0. The number of benzene rings is 2. The number of allylic oxidation sites excluding steroid dienone is 1. The average molecular weight is 628 g/mol. The lowest BCUT2D eigenvalue weighted by Gasteiger charge is -2.25. The summed E-state index contributed by atoms with van der Waals surface area (Å²) in [5, 5.41) is 0.790. The van der Waals surface area contributed by atoms with Crippen molar-refractivity contribution in [1.29, 1.82) is 0 Å². The summed E-state index contributed by atoms with van der Waals surface area (Å²) in [6, 6.07) is 13.4. The van der Waals surface area contributed by atoms with E-state index in [2.05, 4.69) is 4.99 Å². The first kappa shape index (κ1) is 29.7. The number of carbonyl (C=O) groups is 1. The van der Waals surface area contributed by atoms with Gasteiger partial charge < -0.3 is 18.6 Å². The Hall–Kier alpha value is -3.79. The molecular formula is C31H28Cl2N2O6S. The number of nitrogens with zero attached hydrogens (tertiary/aromatic N) is 2. The van der Waals surface area contributed by atoms with Crippen molar-refractivity contribution in [3.63, 3.8) is 0 Å². The molecule has 0 spiro atoms. The third kappa shape index (κ3) is 5.64. The van der Waals surface area contributed by atoms with Crippen LogP contribution in [0.5, 0.6) is 11.5 Å². The lowest BCUT2D eigenvalue weighted by atomic mass is 9.95. The number of ether oxygens (including phenoxy) is 3. The number of rotatable bonds is 9. The molecule has 0 saturated heterocycles. The Kier molecular flexibility index (Phi) is 8.91. The van der Waals surface area contributed by atoms with Gasteiger partial charge in [-0.2, -0.15) is 0 Å². The SMILES string of the molecule is CCOC(=O)C1=C(C)N=c2s/c(=C\c3ccc(-c4cccc(Cl)c4Cl)o3)c(=O)n2[C@H]1c1ccc(OCC)c(OCC)c1. The van der Waals surface area contributed by atoms with Gasteiger partial charge in [0.25, 0.3) is 5.56 Å². The molecule has 0 radical (unpaired) electrons. The number of halogens is 2. The molecule has 0 bridgehead atoms. The third-order valence-electron chi connectivity index (χ3n) is 6.52. The Morgan fingerprint density at radius 2 is 1.81 bits per heavy atom. The Balaban J connectivity index is 1.65.